The number of carbonyl (C=O) groups excluding carboxylic acids is 2. The van der Waals surface area contributed by atoms with E-state index in [2.05, 4.69) is 15.3 Å². The second-order valence-electron chi connectivity index (χ2n) is 6.54. The molecule has 1 amide bonds. The molecule has 3 rings (SSSR count). The number of rotatable bonds is 5. The van der Waals surface area contributed by atoms with Crippen LogP contribution in [0, 0.1) is 19.7 Å². The van der Waals surface area contributed by atoms with Gasteiger partial charge in [-0.1, -0.05) is 12.1 Å². The molecule has 2 aromatic heterocycles. The summed E-state index contributed by atoms with van der Waals surface area (Å²) in [5, 5.41) is 2.95. The Hall–Kier alpha value is -3.22. The summed E-state index contributed by atoms with van der Waals surface area (Å²) in [7, 11) is 1.82. The number of benzene rings is 1. The van der Waals surface area contributed by atoms with E-state index in [1.807, 2.05) is 7.05 Å². The number of nitrogens with one attached hydrogen (secondary N) is 2. The number of halogens is 1. The average Bonchev–Trinajstić information content (AvgIpc) is 3.16. The second kappa shape index (κ2) is 7.19. The first-order chi connectivity index (χ1) is 12.8. The van der Waals surface area contributed by atoms with Gasteiger partial charge in [-0.15, -0.1) is 0 Å². The molecule has 0 aliphatic rings. The van der Waals surface area contributed by atoms with E-state index in [4.69, 9.17) is 0 Å². The average molecular weight is 368 g/mol. The molecular weight excluding hydrogens is 347 g/mol. The fraction of sp³-hybridized carbons (Fsp3) is 0.250. The molecule has 0 bridgehead atoms. The third-order valence-corrected chi connectivity index (χ3v) is 4.61. The Morgan fingerprint density at radius 3 is 2.41 bits per heavy atom. The van der Waals surface area contributed by atoms with Crippen molar-refractivity contribution in [3.63, 3.8) is 0 Å². The van der Waals surface area contributed by atoms with E-state index in [9.17, 15) is 14.0 Å². The summed E-state index contributed by atoms with van der Waals surface area (Å²) in [6.45, 7) is 4.97. The largest absolute Gasteiger partial charge is 0.354 e. The van der Waals surface area contributed by atoms with E-state index in [0.717, 1.165) is 0 Å². The van der Waals surface area contributed by atoms with Crippen molar-refractivity contribution in [2.45, 2.75) is 26.8 Å². The Morgan fingerprint density at radius 2 is 1.89 bits per heavy atom. The number of aryl methyl sites for hydroxylation is 2. The third kappa shape index (κ3) is 3.53. The number of Topliss-reactive ketones (excluding diaryl/α,β-unsaturated/α-hetero) is 1. The van der Waals surface area contributed by atoms with E-state index >= 15 is 0 Å². The normalized spacial score (nSPS) is 12.0. The summed E-state index contributed by atoms with van der Waals surface area (Å²) in [5.74, 6) is -0.201. The van der Waals surface area contributed by atoms with Crippen LogP contribution in [0.15, 0.2) is 36.7 Å². The number of hydrogen-bond acceptors (Lipinski definition) is 3. The molecule has 0 saturated heterocycles. The monoisotopic (exact) mass is 368 g/mol. The number of aromatic nitrogens is 3. The molecule has 2 heterocycles. The summed E-state index contributed by atoms with van der Waals surface area (Å²) in [6, 6.07) is 5.35. The lowest BCUT2D eigenvalue weighted by atomic mass is 10.0. The van der Waals surface area contributed by atoms with Gasteiger partial charge >= 0.3 is 0 Å². The summed E-state index contributed by atoms with van der Waals surface area (Å²) in [5.41, 5.74) is 2.82. The van der Waals surface area contributed by atoms with Gasteiger partial charge in [-0.2, -0.15) is 0 Å². The number of amides is 1. The summed E-state index contributed by atoms with van der Waals surface area (Å²) in [6.07, 6.45) is 3.41. The van der Waals surface area contributed by atoms with Crippen molar-refractivity contribution in [2.75, 3.05) is 0 Å². The van der Waals surface area contributed by atoms with Crippen LogP contribution in [0.2, 0.25) is 0 Å². The van der Waals surface area contributed by atoms with Gasteiger partial charge in [-0.05, 0) is 44.0 Å². The molecular formula is C20H21FN4O2. The number of carbonyl (C=O) groups is 2. The Kier molecular flexibility index (Phi) is 4.94. The highest BCUT2D eigenvalue weighted by Crippen LogP contribution is 2.23. The van der Waals surface area contributed by atoms with Crippen LogP contribution in [0.1, 0.15) is 56.5 Å². The van der Waals surface area contributed by atoms with Crippen molar-refractivity contribution in [2.24, 2.45) is 7.05 Å². The van der Waals surface area contributed by atoms with Crippen molar-refractivity contribution in [1.82, 2.24) is 19.9 Å². The Morgan fingerprint density at radius 1 is 1.22 bits per heavy atom. The zero-order chi connectivity index (χ0) is 19.7. The van der Waals surface area contributed by atoms with Crippen molar-refractivity contribution >= 4 is 11.7 Å². The van der Waals surface area contributed by atoms with Crippen LogP contribution < -0.4 is 5.32 Å². The lowest BCUT2D eigenvalue weighted by molar-refractivity contribution is 0.0935. The van der Waals surface area contributed by atoms with Gasteiger partial charge in [0.1, 0.15) is 23.4 Å². The first-order valence-electron chi connectivity index (χ1n) is 8.53. The minimum Gasteiger partial charge on any atom is -0.354 e. The molecule has 6 nitrogen and oxygen atoms in total. The summed E-state index contributed by atoms with van der Waals surface area (Å²) >= 11 is 0. The molecule has 27 heavy (non-hydrogen) atoms. The first kappa shape index (κ1) is 18.6. The molecule has 0 saturated carbocycles. The number of nitrogens with zero attached hydrogens (tertiary/aromatic N) is 2. The van der Waals surface area contributed by atoms with Crippen LogP contribution in [-0.4, -0.2) is 26.2 Å². The van der Waals surface area contributed by atoms with Gasteiger partial charge in [-0.25, -0.2) is 9.37 Å². The summed E-state index contributed by atoms with van der Waals surface area (Å²) < 4.78 is 15.1. The smallest absolute Gasteiger partial charge is 0.268 e. The molecule has 0 fully saturated rings. The SMILES string of the molecule is CC(=O)c1c(C)[nH]c(C(=O)N[C@@H](c2ccc(F)cc2)c2nccn2C)c1C. The van der Waals surface area contributed by atoms with Crippen molar-refractivity contribution in [1.29, 1.82) is 0 Å². The van der Waals surface area contributed by atoms with Gasteiger partial charge in [-0.3, -0.25) is 9.59 Å². The lowest BCUT2D eigenvalue weighted by Crippen LogP contribution is -2.31. The van der Waals surface area contributed by atoms with E-state index in [1.54, 1.807) is 42.9 Å². The lowest BCUT2D eigenvalue weighted by Gasteiger charge is -2.19. The zero-order valence-electron chi connectivity index (χ0n) is 15.6. The number of hydrogen-bond donors (Lipinski definition) is 2. The zero-order valence-corrected chi connectivity index (χ0v) is 15.6. The van der Waals surface area contributed by atoms with E-state index in [1.165, 1.54) is 19.1 Å². The first-order valence-corrected chi connectivity index (χ1v) is 8.53. The molecule has 0 spiro atoms. The van der Waals surface area contributed by atoms with Crippen LogP contribution in [0.4, 0.5) is 4.39 Å². The minimum atomic E-state index is -0.568. The standard InChI is InChI=1S/C20H21FN4O2/c1-11-16(13(3)26)12(2)23-17(11)20(27)24-18(19-22-9-10-25(19)4)14-5-7-15(21)8-6-14/h5-10,18,23H,1-4H3,(H,24,27)/t18-/m0/s1. The Labute approximate surface area is 156 Å². The second-order valence-corrected chi connectivity index (χ2v) is 6.54. The van der Waals surface area contributed by atoms with Crippen molar-refractivity contribution in [3.8, 4) is 0 Å². The van der Waals surface area contributed by atoms with Crippen LogP contribution in [-0.2, 0) is 7.05 Å². The molecule has 0 unspecified atom stereocenters. The van der Waals surface area contributed by atoms with Gasteiger partial charge in [0.15, 0.2) is 5.78 Å². The Balaban J connectivity index is 1.99. The van der Waals surface area contributed by atoms with Gasteiger partial charge in [0.2, 0.25) is 0 Å². The van der Waals surface area contributed by atoms with Crippen molar-refractivity contribution < 1.29 is 14.0 Å². The van der Waals surface area contributed by atoms with E-state index in [-0.39, 0.29) is 17.5 Å². The van der Waals surface area contributed by atoms with Gasteiger partial charge < -0.3 is 14.9 Å². The quantitative estimate of drug-likeness (QED) is 0.679. The summed E-state index contributed by atoms with van der Waals surface area (Å²) in [4.78, 5) is 32.1. The number of imidazole rings is 1. The minimum absolute atomic E-state index is 0.0977. The molecule has 1 aromatic carbocycles. The van der Waals surface area contributed by atoms with Gasteiger partial charge in [0.25, 0.3) is 5.91 Å². The Bertz CT molecular complexity index is 1000. The highest BCUT2D eigenvalue weighted by Gasteiger charge is 2.25. The topological polar surface area (TPSA) is 79.8 Å². The predicted molar refractivity (Wildman–Crippen MR) is 99.2 cm³/mol. The maximum atomic E-state index is 13.3. The van der Waals surface area contributed by atoms with Crippen LogP contribution in [0.25, 0.3) is 0 Å². The molecule has 7 heteroatoms. The van der Waals surface area contributed by atoms with Gasteiger partial charge in [0, 0.05) is 30.7 Å². The molecule has 0 aliphatic carbocycles. The maximum absolute atomic E-state index is 13.3. The maximum Gasteiger partial charge on any atom is 0.268 e. The van der Waals surface area contributed by atoms with Crippen LogP contribution >= 0.6 is 0 Å². The molecule has 3 aromatic rings. The molecule has 2 N–H and O–H groups in total. The number of ketones is 1. The fourth-order valence-electron chi connectivity index (χ4n) is 3.32. The molecule has 0 aliphatic heterocycles. The van der Waals surface area contributed by atoms with E-state index in [0.29, 0.717) is 33.9 Å². The number of aromatic amines is 1. The third-order valence-electron chi connectivity index (χ3n) is 4.61. The van der Waals surface area contributed by atoms with E-state index < -0.39 is 6.04 Å². The fourth-order valence-corrected chi connectivity index (χ4v) is 3.32. The number of H-pyrrole nitrogens is 1. The van der Waals surface area contributed by atoms with Crippen LogP contribution in [0.5, 0.6) is 0 Å². The highest BCUT2D eigenvalue weighted by atomic mass is 19.1. The van der Waals surface area contributed by atoms with Gasteiger partial charge in [0.05, 0.1) is 0 Å². The highest BCUT2D eigenvalue weighted by molar-refractivity contribution is 6.02. The molecule has 140 valence electrons. The van der Waals surface area contributed by atoms with Crippen molar-refractivity contribution in [3.05, 3.63) is 76.4 Å². The predicted octanol–water partition coefficient (Wildman–Crippen LogP) is 3.23. The molecule has 1 atom stereocenters. The molecule has 0 radical (unpaired) electrons. The van der Waals surface area contributed by atoms with Crippen LogP contribution in [0.3, 0.4) is 0 Å².